The maximum Gasteiger partial charge on any atom is 0.0684 e. The van der Waals surface area contributed by atoms with E-state index < -0.39 is 0 Å². The average molecular weight is 165 g/mol. The summed E-state index contributed by atoms with van der Waals surface area (Å²) in [6, 6.07) is 8.10. The van der Waals surface area contributed by atoms with E-state index in [4.69, 9.17) is 5.11 Å². The maximum absolute atomic E-state index is 9.02. The van der Waals surface area contributed by atoms with Gasteiger partial charge in [0.1, 0.15) is 0 Å². The molecule has 12 heavy (non-hydrogen) atoms. The molecule has 0 amide bonds. The fourth-order valence-electron chi connectivity index (χ4n) is 1.02. The zero-order chi connectivity index (χ0) is 8.97. The minimum atomic E-state index is -0.300. The van der Waals surface area contributed by atoms with Crippen LogP contribution in [0.25, 0.3) is 0 Å². The van der Waals surface area contributed by atoms with Crippen LogP contribution in [0.15, 0.2) is 24.3 Å². The van der Waals surface area contributed by atoms with E-state index >= 15 is 0 Å². The predicted octanol–water partition coefficient (Wildman–Crippen LogP) is 1.79. The Hall–Kier alpha value is -1.02. The minimum Gasteiger partial charge on any atom is -0.392 e. The van der Waals surface area contributed by atoms with E-state index in [1.807, 2.05) is 25.1 Å². The first-order valence-electron chi connectivity index (χ1n) is 4.17. The molecule has 2 heteroatoms. The Morgan fingerprint density at radius 2 is 2.25 bits per heavy atom. The Bertz CT molecular complexity index is 245. The van der Waals surface area contributed by atoms with E-state index in [1.165, 1.54) is 5.56 Å². The van der Waals surface area contributed by atoms with Gasteiger partial charge in [-0.3, -0.25) is 0 Å². The van der Waals surface area contributed by atoms with Crippen molar-refractivity contribution >= 4 is 5.69 Å². The van der Waals surface area contributed by atoms with Crippen LogP contribution in [0.4, 0.5) is 5.69 Å². The molecule has 0 fully saturated rings. The van der Waals surface area contributed by atoms with Crippen LogP contribution in [0.5, 0.6) is 0 Å². The summed E-state index contributed by atoms with van der Waals surface area (Å²) in [5.41, 5.74) is 2.29. The number of hydrogen-bond acceptors (Lipinski definition) is 2. The molecule has 0 heterocycles. The second kappa shape index (κ2) is 4.12. The summed E-state index contributed by atoms with van der Waals surface area (Å²) in [5, 5.41) is 12.2. The number of nitrogens with one attached hydrogen (secondary N) is 1. The number of aliphatic hydroxyl groups is 1. The third-order valence-electron chi connectivity index (χ3n) is 1.62. The summed E-state index contributed by atoms with van der Waals surface area (Å²) in [5.74, 6) is 0. The third kappa shape index (κ3) is 2.93. The van der Waals surface area contributed by atoms with E-state index in [0.29, 0.717) is 6.54 Å². The lowest BCUT2D eigenvalue weighted by Crippen LogP contribution is -2.15. The maximum atomic E-state index is 9.02. The average Bonchev–Trinajstić information content (AvgIpc) is 2.01. The summed E-state index contributed by atoms with van der Waals surface area (Å²) in [6.07, 6.45) is -0.300. The summed E-state index contributed by atoms with van der Waals surface area (Å²) in [7, 11) is 0. The molecule has 0 aliphatic rings. The standard InChI is InChI=1S/C10H15NO/c1-8-4-3-5-10(6-8)11-7-9(2)12/h3-6,9,11-12H,7H2,1-2H3/t9-/m1/s1. The van der Waals surface area contributed by atoms with Crippen molar-refractivity contribution in [1.82, 2.24) is 0 Å². The first-order chi connectivity index (χ1) is 5.68. The second-order valence-electron chi connectivity index (χ2n) is 3.10. The fraction of sp³-hybridized carbons (Fsp3) is 0.400. The van der Waals surface area contributed by atoms with Gasteiger partial charge in [-0.15, -0.1) is 0 Å². The largest absolute Gasteiger partial charge is 0.392 e. The normalized spacial score (nSPS) is 12.6. The number of hydrogen-bond donors (Lipinski definition) is 2. The van der Waals surface area contributed by atoms with Gasteiger partial charge in [0.25, 0.3) is 0 Å². The van der Waals surface area contributed by atoms with Crippen LogP contribution in [0.2, 0.25) is 0 Å². The highest BCUT2D eigenvalue weighted by molar-refractivity contribution is 5.45. The van der Waals surface area contributed by atoms with Crippen molar-refractivity contribution in [2.45, 2.75) is 20.0 Å². The Morgan fingerprint density at radius 1 is 1.50 bits per heavy atom. The highest BCUT2D eigenvalue weighted by Crippen LogP contribution is 2.08. The van der Waals surface area contributed by atoms with Crippen molar-refractivity contribution in [2.75, 3.05) is 11.9 Å². The van der Waals surface area contributed by atoms with E-state index in [0.717, 1.165) is 5.69 Å². The first kappa shape index (κ1) is 9.07. The van der Waals surface area contributed by atoms with E-state index in [2.05, 4.69) is 11.4 Å². The Balaban J connectivity index is 2.52. The van der Waals surface area contributed by atoms with Crippen molar-refractivity contribution in [3.8, 4) is 0 Å². The molecule has 2 nitrogen and oxygen atoms in total. The molecule has 1 aromatic rings. The summed E-state index contributed by atoms with van der Waals surface area (Å²) >= 11 is 0. The second-order valence-corrected chi connectivity index (χ2v) is 3.10. The molecule has 2 N–H and O–H groups in total. The minimum absolute atomic E-state index is 0.300. The Kier molecular flexibility index (Phi) is 3.11. The van der Waals surface area contributed by atoms with Gasteiger partial charge in [0.15, 0.2) is 0 Å². The van der Waals surface area contributed by atoms with Crippen LogP contribution < -0.4 is 5.32 Å². The molecule has 0 spiro atoms. The molecular weight excluding hydrogens is 150 g/mol. The van der Waals surface area contributed by atoms with Crippen LogP contribution in [-0.2, 0) is 0 Å². The van der Waals surface area contributed by atoms with Crippen molar-refractivity contribution in [2.24, 2.45) is 0 Å². The topological polar surface area (TPSA) is 32.3 Å². The molecule has 0 bridgehead atoms. The van der Waals surface area contributed by atoms with Gasteiger partial charge in [-0.25, -0.2) is 0 Å². The summed E-state index contributed by atoms with van der Waals surface area (Å²) in [4.78, 5) is 0. The van der Waals surface area contributed by atoms with Gasteiger partial charge < -0.3 is 10.4 Å². The van der Waals surface area contributed by atoms with Gasteiger partial charge in [0.2, 0.25) is 0 Å². The molecule has 0 aliphatic heterocycles. The van der Waals surface area contributed by atoms with Crippen LogP contribution in [0, 0.1) is 6.92 Å². The molecule has 0 unspecified atom stereocenters. The quantitative estimate of drug-likeness (QED) is 0.715. The van der Waals surface area contributed by atoms with Gasteiger partial charge in [-0.2, -0.15) is 0 Å². The number of aryl methyl sites for hydroxylation is 1. The van der Waals surface area contributed by atoms with E-state index in [9.17, 15) is 0 Å². The zero-order valence-corrected chi connectivity index (χ0v) is 7.54. The molecule has 0 saturated carbocycles. The lowest BCUT2D eigenvalue weighted by Gasteiger charge is -2.08. The number of benzene rings is 1. The van der Waals surface area contributed by atoms with Crippen LogP contribution in [0.3, 0.4) is 0 Å². The van der Waals surface area contributed by atoms with Crippen LogP contribution >= 0.6 is 0 Å². The molecular formula is C10H15NO. The fourth-order valence-corrected chi connectivity index (χ4v) is 1.02. The van der Waals surface area contributed by atoms with Crippen molar-refractivity contribution in [3.05, 3.63) is 29.8 Å². The molecule has 0 aliphatic carbocycles. The molecule has 66 valence electrons. The zero-order valence-electron chi connectivity index (χ0n) is 7.54. The van der Waals surface area contributed by atoms with Gasteiger partial charge in [0, 0.05) is 12.2 Å². The van der Waals surface area contributed by atoms with Gasteiger partial charge in [0.05, 0.1) is 6.10 Å². The summed E-state index contributed by atoms with van der Waals surface area (Å²) in [6.45, 7) is 4.42. The number of rotatable bonds is 3. The monoisotopic (exact) mass is 165 g/mol. The Morgan fingerprint density at radius 3 is 2.83 bits per heavy atom. The van der Waals surface area contributed by atoms with Gasteiger partial charge in [-0.1, -0.05) is 12.1 Å². The molecule has 0 aromatic heterocycles. The molecule has 1 aromatic carbocycles. The molecule has 0 radical (unpaired) electrons. The molecule has 1 atom stereocenters. The van der Waals surface area contributed by atoms with Crippen molar-refractivity contribution < 1.29 is 5.11 Å². The molecule has 1 rings (SSSR count). The van der Waals surface area contributed by atoms with Crippen LogP contribution in [-0.4, -0.2) is 17.8 Å². The van der Waals surface area contributed by atoms with Crippen LogP contribution in [0.1, 0.15) is 12.5 Å². The summed E-state index contributed by atoms with van der Waals surface area (Å²) < 4.78 is 0. The van der Waals surface area contributed by atoms with E-state index in [1.54, 1.807) is 6.92 Å². The third-order valence-corrected chi connectivity index (χ3v) is 1.62. The van der Waals surface area contributed by atoms with Gasteiger partial charge >= 0.3 is 0 Å². The lowest BCUT2D eigenvalue weighted by molar-refractivity contribution is 0.208. The first-order valence-corrected chi connectivity index (χ1v) is 4.17. The predicted molar refractivity (Wildman–Crippen MR) is 51.3 cm³/mol. The van der Waals surface area contributed by atoms with Crippen molar-refractivity contribution in [1.29, 1.82) is 0 Å². The van der Waals surface area contributed by atoms with Gasteiger partial charge in [-0.05, 0) is 31.5 Å². The van der Waals surface area contributed by atoms with E-state index in [-0.39, 0.29) is 6.10 Å². The highest BCUT2D eigenvalue weighted by Gasteiger charge is 1.95. The lowest BCUT2D eigenvalue weighted by atomic mass is 10.2. The number of anilines is 1. The number of aliphatic hydroxyl groups excluding tert-OH is 1. The Labute approximate surface area is 73.2 Å². The smallest absolute Gasteiger partial charge is 0.0684 e. The SMILES string of the molecule is Cc1cccc(NC[C@@H](C)O)c1. The van der Waals surface area contributed by atoms with Crippen molar-refractivity contribution in [3.63, 3.8) is 0 Å². The highest BCUT2D eigenvalue weighted by atomic mass is 16.3. The molecule has 0 saturated heterocycles.